The summed E-state index contributed by atoms with van der Waals surface area (Å²) >= 11 is 3.16. The fourth-order valence-electron chi connectivity index (χ4n) is 2.11. The second kappa shape index (κ2) is 4.16. The molecule has 1 fully saturated rings. The summed E-state index contributed by atoms with van der Waals surface area (Å²) in [5, 5.41) is 3.44. The Morgan fingerprint density at radius 2 is 2.00 bits per heavy atom. The zero-order valence-electron chi connectivity index (χ0n) is 9.73. The Morgan fingerprint density at radius 3 is 2.61 bits per heavy atom. The molecule has 2 aromatic rings. The van der Waals surface area contributed by atoms with E-state index in [1.54, 1.807) is 7.05 Å². The van der Waals surface area contributed by atoms with Crippen LogP contribution in [0.3, 0.4) is 0 Å². The number of anilines is 1. The third-order valence-corrected chi connectivity index (χ3v) is 3.99. The molecule has 0 radical (unpaired) electrons. The number of rotatable bonds is 2. The van der Waals surface area contributed by atoms with E-state index < -0.39 is 11.6 Å². The molecule has 0 aliphatic heterocycles. The lowest BCUT2D eigenvalue weighted by Gasteiger charge is -2.11. The lowest BCUT2D eigenvalue weighted by molar-refractivity contribution is 0.586. The number of benzene rings is 1. The van der Waals surface area contributed by atoms with Crippen molar-refractivity contribution in [3.8, 4) is 0 Å². The van der Waals surface area contributed by atoms with Crippen molar-refractivity contribution in [3.05, 3.63) is 33.9 Å². The Balaban J connectivity index is 2.38. The number of fused-ring (bicyclic) bond motifs is 1. The van der Waals surface area contributed by atoms with Gasteiger partial charge in [-0.15, -0.1) is 0 Å². The molecule has 5 heteroatoms. The van der Waals surface area contributed by atoms with Crippen LogP contribution in [0.2, 0.25) is 0 Å². The van der Waals surface area contributed by atoms with E-state index in [0.717, 1.165) is 24.6 Å². The predicted molar refractivity (Wildman–Crippen MR) is 70.9 cm³/mol. The van der Waals surface area contributed by atoms with Gasteiger partial charge in [-0.3, -0.25) is 0 Å². The average molecular weight is 313 g/mol. The summed E-state index contributed by atoms with van der Waals surface area (Å²) < 4.78 is 27.7. The van der Waals surface area contributed by atoms with Gasteiger partial charge in [-0.2, -0.15) is 0 Å². The molecule has 1 N–H and O–H groups in total. The van der Waals surface area contributed by atoms with Gasteiger partial charge in [-0.1, -0.05) is 0 Å². The normalized spacial score (nSPS) is 15.1. The lowest BCUT2D eigenvalue weighted by Crippen LogP contribution is -1.99. The molecular formula is C13H11BrF2N2. The Kier molecular flexibility index (Phi) is 2.73. The predicted octanol–water partition coefficient (Wildman–Crippen LogP) is 4.19. The fraction of sp³-hybridized carbons (Fsp3) is 0.308. The monoisotopic (exact) mass is 312 g/mol. The molecule has 18 heavy (non-hydrogen) atoms. The minimum atomic E-state index is -0.621. The molecule has 94 valence electrons. The van der Waals surface area contributed by atoms with E-state index in [9.17, 15) is 8.78 Å². The van der Waals surface area contributed by atoms with E-state index in [4.69, 9.17) is 0 Å². The SMILES string of the molecule is CNc1cc(C2CC2)nc2c(F)cc(F)c(Br)c12. The van der Waals surface area contributed by atoms with Crippen LogP contribution in [0.25, 0.3) is 10.9 Å². The highest BCUT2D eigenvalue weighted by Crippen LogP contribution is 2.42. The Morgan fingerprint density at radius 1 is 1.28 bits per heavy atom. The maximum Gasteiger partial charge on any atom is 0.152 e. The quantitative estimate of drug-likeness (QED) is 0.841. The van der Waals surface area contributed by atoms with Crippen molar-refractivity contribution in [1.82, 2.24) is 4.98 Å². The second-order valence-corrected chi connectivity index (χ2v) is 5.29. The van der Waals surface area contributed by atoms with E-state index in [1.165, 1.54) is 0 Å². The van der Waals surface area contributed by atoms with Gasteiger partial charge in [-0.25, -0.2) is 13.8 Å². The number of nitrogens with zero attached hydrogens (tertiary/aromatic N) is 1. The number of hydrogen-bond donors (Lipinski definition) is 1. The van der Waals surface area contributed by atoms with Crippen molar-refractivity contribution in [1.29, 1.82) is 0 Å². The zero-order chi connectivity index (χ0) is 12.9. The van der Waals surface area contributed by atoms with Crippen molar-refractivity contribution < 1.29 is 8.78 Å². The van der Waals surface area contributed by atoms with Gasteiger partial charge in [-0.05, 0) is 34.8 Å². The topological polar surface area (TPSA) is 24.9 Å². The Hall–Kier alpha value is -1.23. The first-order chi connectivity index (χ1) is 8.61. The maximum absolute atomic E-state index is 13.9. The molecule has 1 aromatic carbocycles. The summed E-state index contributed by atoms with van der Waals surface area (Å²) in [4.78, 5) is 4.34. The molecular weight excluding hydrogens is 302 g/mol. The fourth-order valence-corrected chi connectivity index (χ4v) is 2.62. The highest BCUT2D eigenvalue weighted by atomic mass is 79.9. The van der Waals surface area contributed by atoms with Gasteiger partial charge >= 0.3 is 0 Å². The van der Waals surface area contributed by atoms with Crippen LogP contribution in [0, 0.1) is 11.6 Å². The number of hydrogen-bond acceptors (Lipinski definition) is 2. The summed E-state index contributed by atoms with van der Waals surface area (Å²) in [7, 11) is 1.74. The number of aromatic nitrogens is 1. The first-order valence-electron chi connectivity index (χ1n) is 5.77. The number of nitrogens with one attached hydrogen (secondary N) is 1. The number of pyridine rings is 1. The largest absolute Gasteiger partial charge is 0.387 e. The van der Waals surface area contributed by atoms with E-state index in [1.807, 2.05) is 6.07 Å². The van der Waals surface area contributed by atoms with Crippen LogP contribution in [-0.4, -0.2) is 12.0 Å². The summed E-state index contributed by atoms with van der Waals surface area (Å²) in [6.07, 6.45) is 2.18. The van der Waals surface area contributed by atoms with Gasteiger partial charge in [0.05, 0.1) is 4.47 Å². The standard InChI is InChI=1S/C13H11BrF2N2/c1-17-10-5-9(6-2-3-6)18-13-8(16)4-7(15)12(14)11(10)13/h4-6H,2-3H2,1H3,(H,17,18). The van der Waals surface area contributed by atoms with Gasteiger partial charge in [0.25, 0.3) is 0 Å². The molecule has 0 spiro atoms. The molecule has 0 unspecified atom stereocenters. The lowest BCUT2D eigenvalue weighted by atomic mass is 10.1. The summed E-state index contributed by atoms with van der Waals surface area (Å²) in [5.41, 5.74) is 1.80. The van der Waals surface area contributed by atoms with Crippen LogP contribution in [0.5, 0.6) is 0 Å². The molecule has 1 heterocycles. The van der Waals surface area contributed by atoms with Gasteiger partial charge in [0, 0.05) is 35.8 Å². The molecule has 0 amide bonds. The van der Waals surface area contributed by atoms with Crippen molar-refractivity contribution in [2.24, 2.45) is 0 Å². The van der Waals surface area contributed by atoms with Crippen LogP contribution in [0.15, 0.2) is 16.6 Å². The molecule has 1 aromatic heterocycles. The second-order valence-electron chi connectivity index (χ2n) is 4.50. The molecule has 0 atom stereocenters. The molecule has 1 aliphatic carbocycles. The van der Waals surface area contributed by atoms with Crippen LogP contribution in [0.1, 0.15) is 24.5 Å². The first-order valence-corrected chi connectivity index (χ1v) is 6.57. The minimum absolute atomic E-state index is 0.219. The molecule has 0 saturated heterocycles. The molecule has 1 aliphatic rings. The minimum Gasteiger partial charge on any atom is -0.387 e. The third-order valence-electron chi connectivity index (χ3n) is 3.21. The van der Waals surface area contributed by atoms with E-state index in [-0.39, 0.29) is 9.99 Å². The van der Waals surface area contributed by atoms with Crippen LogP contribution < -0.4 is 5.32 Å². The van der Waals surface area contributed by atoms with Gasteiger partial charge < -0.3 is 5.32 Å². The molecule has 2 nitrogen and oxygen atoms in total. The van der Waals surface area contributed by atoms with Crippen LogP contribution in [-0.2, 0) is 0 Å². The van der Waals surface area contributed by atoms with Crippen molar-refractivity contribution >= 4 is 32.5 Å². The molecule has 1 saturated carbocycles. The van der Waals surface area contributed by atoms with Crippen LogP contribution >= 0.6 is 15.9 Å². The zero-order valence-corrected chi connectivity index (χ0v) is 11.3. The highest BCUT2D eigenvalue weighted by Gasteiger charge is 2.27. The van der Waals surface area contributed by atoms with Gasteiger partial charge in [0.15, 0.2) is 5.82 Å². The summed E-state index contributed by atoms with van der Waals surface area (Å²) in [5.74, 6) is -0.813. The average Bonchev–Trinajstić information content (AvgIpc) is 3.18. The van der Waals surface area contributed by atoms with Crippen molar-refractivity contribution in [2.75, 3.05) is 12.4 Å². The van der Waals surface area contributed by atoms with E-state index in [2.05, 4.69) is 26.2 Å². The van der Waals surface area contributed by atoms with Crippen molar-refractivity contribution in [2.45, 2.75) is 18.8 Å². The third kappa shape index (κ3) is 1.77. The first kappa shape index (κ1) is 11.8. The van der Waals surface area contributed by atoms with Crippen molar-refractivity contribution in [3.63, 3.8) is 0 Å². The van der Waals surface area contributed by atoms with E-state index in [0.29, 0.717) is 17.0 Å². The summed E-state index contributed by atoms with van der Waals surface area (Å²) in [6, 6.07) is 2.75. The van der Waals surface area contributed by atoms with Gasteiger partial charge in [0.2, 0.25) is 0 Å². The molecule has 0 bridgehead atoms. The highest BCUT2D eigenvalue weighted by molar-refractivity contribution is 9.10. The Labute approximate surface area is 112 Å². The maximum atomic E-state index is 13.9. The Bertz CT molecular complexity index is 639. The summed E-state index contributed by atoms with van der Waals surface area (Å²) in [6.45, 7) is 0. The van der Waals surface area contributed by atoms with E-state index >= 15 is 0 Å². The number of halogens is 3. The molecule has 3 rings (SSSR count). The smallest absolute Gasteiger partial charge is 0.152 e. The van der Waals surface area contributed by atoms with Crippen LogP contribution in [0.4, 0.5) is 14.5 Å². The van der Waals surface area contributed by atoms with Gasteiger partial charge in [0.1, 0.15) is 11.3 Å².